The second-order valence-corrected chi connectivity index (χ2v) is 4.57. The molecule has 2 rings (SSSR count). The van der Waals surface area contributed by atoms with Gasteiger partial charge in [0.15, 0.2) is 0 Å². The molecule has 0 bridgehead atoms. The van der Waals surface area contributed by atoms with Gasteiger partial charge in [-0.15, -0.1) is 0 Å². The van der Waals surface area contributed by atoms with Crippen LogP contribution in [0.25, 0.3) is 10.9 Å². The van der Waals surface area contributed by atoms with Crippen molar-refractivity contribution in [3.63, 3.8) is 0 Å². The van der Waals surface area contributed by atoms with Crippen molar-refractivity contribution in [3.8, 4) is 5.75 Å². The van der Waals surface area contributed by atoms with E-state index in [1.165, 1.54) is 18.2 Å². The Balaban J connectivity index is 2.73. The molecule has 90 valence electrons. The summed E-state index contributed by atoms with van der Waals surface area (Å²) in [6, 6.07) is 3.93. The Morgan fingerprint density at radius 2 is 2.12 bits per heavy atom. The molecule has 0 aliphatic heterocycles. The van der Waals surface area contributed by atoms with Gasteiger partial charge in [-0.3, -0.25) is 4.79 Å². The van der Waals surface area contributed by atoms with Crippen LogP contribution in [-0.2, 0) is 6.42 Å². The molecule has 3 nitrogen and oxygen atoms in total. The second kappa shape index (κ2) is 4.20. The number of halogens is 1. The molecule has 0 aliphatic carbocycles. The number of H-pyrrole nitrogens is 1. The molecule has 0 atom stereocenters. The predicted molar refractivity (Wildman–Crippen MR) is 64.7 cm³/mol. The number of hydrogen-bond acceptors (Lipinski definition) is 2. The maximum atomic E-state index is 13.1. The van der Waals surface area contributed by atoms with Crippen molar-refractivity contribution in [1.29, 1.82) is 0 Å². The first-order valence-corrected chi connectivity index (χ1v) is 5.52. The van der Waals surface area contributed by atoms with Crippen LogP contribution in [0.1, 0.15) is 19.4 Å². The Morgan fingerprint density at radius 1 is 1.41 bits per heavy atom. The molecular formula is C13H14FNO2. The predicted octanol–water partition coefficient (Wildman–Crippen LogP) is 2.57. The van der Waals surface area contributed by atoms with Crippen LogP contribution in [0.2, 0.25) is 0 Å². The molecule has 0 spiro atoms. The van der Waals surface area contributed by atoms with Crippen molar-refractivity contribution in [2.75, 3.05) is 0 Å². The van der Waals surface area contributed by atoms with E-state index in [9.17, 15) is 14.3 Å². The van der Waals surface area contributed by atoms with Crippen LogP contribution in [-0.4, -0.2) is 10.1 Å². The van der Waals surface area contributed by atoms with Crippen LogP contribution >= 0.6 is 0 Å². The molecule has 17 heavy (non-hydrogen) atoms. The number of aromatic hydroxyl groups is 1. The number of aromatic amines is 1. The fourth-order valence-corrected chi connectivity index (χ4v) is 1.89. The Morgan fingerprint density at radius 3 is 2.76 bits per heavy atom. The number of nitrogens with one attached hydrogen (secondary N) is 1. The molecule has 2 N–H and O–H groups in total. The van der Waals surface area contributed by atoms with E-state index in [1.807, 2.05) is 13.8 Å². The van der Waals surface area contributed by atoms with Crippen molar-refractivity contribution in [2.24, 2.45) is 5.92 Å². The lowest BCUT2D eigenvalue weighted by molar-refractivity contribution is 0.466. The summed E-state index contributed by atoms with van der Waals surface area (Å²) in [5, 5.41) is 10.4. The highest BCUT2D eigenvalue weighted by atomic mass is 19.1. The van der Waals surface area contributed by atoms with E-state index in [1.54, 1.807) is 0 Å². The van der Waals surface area contributed by atoms with Gasteiger partial charge in [-0.2, -0.15) is 0 Å². The molecule has 2 aromatic rings. The lowest BCUT2D eigenvalue weighted by Gasteiger charge is -2.09. The highest BCUT2D eigenvalue weighted by Crippen LogP contribution is 2.26. The minimum atomic E-state index is -0.435. The summed E-state index contributed by atoms with van der Waals surface area (Å²) in [6.45, 7) is 3.91. The fraction of sp³-hybridized carbons (Fsp3) is 0.308. The van der Waals surface area contributed by atoms with E-state index < -0.39 is 5.82 Å². The van der Waals surface area contributed by atoms with Gasteiger partial charge in [0.05, 0.1) is 11.1 Å². The fourth-order valence-electron chi connectivity index (χ4n) is 1.89. The summed E-state index contributed by atoms with van der Waals surface area (Å²) in [4.78, 5) is 14.4. The molecule has 0 unspecified atom stereocenters. The Bertz CT molecular complexity index is 617. The second-order valence-electron chi connectivity index (χ2n) is 4.57. The average molecular weight is 235 g/mol. The van der Waals surface area contributed by atoms with E-state index in [2.05, 4.69) is 4.98 Å². The highest BCUT2D eigenvalue weighted by molar-refractivity contribution is 5.85. The first-order chi connectivity index (χ1) is 7.99. The summed E-state index contributed by atoms with van der Waals surface area (Å²) in [5.74, 6) is -0.305. The van der Waals surface area contributed by atoms with Crippen LogP contribution < -0.4 is 5.56 Å². The zero-order valence-corrected chi connectivity index (χ0v) is 9.75. The quantitative estimate of drug-likeness (QED) is 0.840. The van der Waals surface area contributed by atoms with Crippen molar-refractivity contribution in [2.45, 2.75) is 20.3 Å². The van der Waals surface area contributed by atoms with E-state index in [-0.39, 0.29) is 17.2 Å². The number of fused-ring (bicyclic) bond motifs is 1. The van der Waals surface area contributed by atoms with Crippen LogP contribution in [0.15, 0.2) is 23.0 Å². The van der Waals surface area contributed by atoms with Gasteiger partial charge in [0, 0.05) is 5.39 Å². The minimum Gasteiger partial charge on any atom is -0.507 e. The molecule has 1 aromatic heterocycles. The van der Waals surface area contributed by atoms with Gasteiger partial charge in [-0.05, 0) is 30.5 Å². The molecular weight excluding hydrogens is 221 g/mol. The largest absolute Gasteiger partial charge is 0.507 e. The topological polar surface area (TPSA) is 53.1 Å². The lowest BCUT2D eigenvalue weighted by atomic mass is 10.0. The summed E-state index contributed by atoms with van der Waals surface area (Å²) >= 11 is 0. The number of pyridine rings is 1. The summed E-state index contributed by atoms with van der Waals surface area (Å²) < 4.78 is 13.1. The lowest BCUT2D eigenvalue weighted by Crippen LogP contribution is -2.15. The number of hydrogen-bond donors (Lipinski definition) is 2. The van der Waals surface area contributed by atoms with Gasteiger partial charge in [-0.1, -0.05) is 13.8 Å². The SMILES string of the molecule is CC(C)Cc1c(O)c2cc(F)ccc2[nH]c1=O. The summed E-state index contributed by atoms with van der Waals surface area (Å²) in [6.07, 6.45) is 0.466. The molecule has 4 heteroatoms. The van der Waals surface area contributed by atoms with Gasteiger partial charge in [0.1, 0.15) is 11.6 Å². The van der Waals surface area contributed by atoms with Crippen LogP contribution in [0, 0.1) is 11.7 Å². The van der Waals surface area contributed by atoms with Crippen LogP contribution in [0.5, 0.6) is 5.75 Å². The normalized spacial score (nSPS) is 11.3. The number of aromatic nitrogens is 1. The summed E-state index contributed by atoms with van der Waals surface area (Å²) in [5.41, 5.74) is 0.454. The van der Waals surface area contributed by atoms with E-state index >= 15 is 0 Å². The van der Waals surface area contributed by atoms with Crippen LogP contribution in [0.3, 0.4) is 0 Å². The van der Waals surface area contributed by atoms with Crippen molar-refractivity contribution in [3.05, 3.63) is 39.9 Å². The molecule has 0 amide bonds. The van der Waals surface area contributed by atoms with Crippen molar-refractivity contribution >= 4 is 10.9 Å². The molecule has 1 aromatic carbocycles. The molecule has 0 saturated heterocycles. The van der Waals surface area contributed by atoms with Crippen molar-refractivity contribution < 1.29 is 9.50 Å². The zero-order valence-electron chi connectivity index (χ0n) is 9.75. The van der Waals surface area contributed by atoms with Gasteiger partial charge in [-0.25, -0.2) is 4.39 Å². The Labute approximate surface area is 97.9 Å². The Hall–Kier alpha value is -1.84. The monoisotopic (exact) mass is 235 g/mol. The smallest absolute Gasteiger partial charge is 0.255 e. The first kappa shape index (κ1) is 11.6. The minimum absolute atomic E-state index is 0.114. The standard InChI is InChI=1S/C13H14FNO2/c1-7(2)5-10-12(16)9-6-8(14)3-4-11(9)15-13(10)17/h3-4,6-7H,5H2,1-2H3,(H2,15,16,17). The van der Waals surface area contributed by atoms with E-state index in [0.29, 0.717) is 22.9 Å². The molecule has 0 fully saturated rings. The van der Waals surface area contributed by atoms with Gasteiger partial charge < -0.3 is 10.1 Å². The molecule has 0 saturated carbocycles. The number of rotatable bonds is 2. The third-order valence-electron chi connectivity index (χ3n) is 2.66. The molecule has 1 heterocycles. The van der Waals surface area contributed by atoms with Crippen molar-refractivity contribution in [1.82, 2.24) is 4.98 Å². The molecule has 0 aliphatic rings. The highest BCUT2D eigenvalue weighted by Gasteiger charge is 2.13. The van der Waals surface area contributed by atoms with Gasteiger partial charge >= 0.3 is 0 Å². The van der Waals surface area contributed by atoms with Gasteiger partial charge in [0.2, 0.25) is 0 Å². The average Bonchev–Trinajstić information content (AvgIpc) is 2.25. The summed E-state index contributed by atoms with van der Waals surface area (Å²) in [7, 11) is 0. The zero-order chi connectivity index (χ0) is 12.6. The third-order valence-corrected chi connectivity index (χ3v) is 2.66. The van der Waals surface area contributed by atoms with Crippen LogP contribution in [0.4, 0.5) is 4.39 Å². The maximum Gasteiger partial charge on any atom is 0.255 e. The maximum absolute atomic E-state index is 13.1. The first-order valence-electron chi connectivity index (χ1n) is 5.52. The van der Waals surface area contributed by atoms with E-state index in [0.717, 1.165) is 0 Å². The molecule has 0 radical (unpaired) electrons. The Kier molecular flexibility index (Phi) is 2.88. The third kappa shape index (κ3) is 2.16. The number of benzene rings is 1. The van der Waals surface area contributed by atoms with Gasteiger partial charge in [0.25, 0.3) is 5.56 Å². The van der Waals surface area contributed by atoms with E-state index in [4.69, 9.17) is 0 Å².